The maximum Gasteiger partial charge on any atom is 0.573 e. The van der Waals surface area contributed by atoms with Gasteiger partial charge in [0.05, 0.1) is 12.1 Å². The number of unbranched alkanes of at least 4 members (excludes halogenated alkanes) is 1. The summed E-state index contributed by atoms with van der Waals surface area (Å²) in [5.74, 6) is -1.78. The molecule has 4 N–H and O–H groups in total. The van der Waals surface area contributed by atoms with Crippen LogP contribution in [0.3, 0.4) is 0 Å². The van der Waals surface area contributed by atoms with E-state index in [1.807, 2.05) is 12.1 Å². The van der Waals surface area contributed by atoms with Gasteiger partial charge in [-0.15, -0.1) is 13.2 Å². The van der Waals surface area contributed by atoms with Gasteiger partial charge in [-0.3, -0.25) is 9.78 Å². The molecule has 0 bridgehead atoms. The van der Waals surface area contributed by atoms with Crippen LogP contribution in [-0.4, -0.2) is 48.5 Å². The molecule has 2 heterocycles. The largest absolute Gasteiger partial charge is 0.573 e. The zero-order valence-corrected chi connectivity index (χ0v) is 20.9. The number of fused-ring (bicyclic) bond motifs is 3. The number of carbonyl (C=O) groups excluding carboxylic acids is 1. The molecule has 2 aromatic heterocycles. The highest BCUT2D eigenvalue weighted by molar-refractivity contribution is 6.11. The molecule has 12 heteroatoms. The Bertz CT molecular complexity index is 1450. The molecule has 0 saturated heterocycles. The molecule has 0 radical (unpaired) electrons. The van der Waals surface area contributed by atoms with Crippen LogP contribution in [0.5, 0.6) is 5.75 Å². The van der Waals surface area contributed by atoms with Gasteiger partial charge in [0.2, 0.25) is 5.91 Å². The van der Waals surface area contributed by atoms with Crippen LogP contribution in [0.4, 0.5) is 23.4 Å². The number of nitrogens with two attached hydrogens (primary N) is 1. The number of carbonyl (C=O) groups is 1. The highest BCUT2D eigenvalue weighted by atomic mass is 19.4. The van der Waals surface area contributed by atoms with E-state index in [0.717, 1.165) is 41.1 Å². The average Bonchev–Trinajstić information content (AvgIpc) is 2.90. The molecule has 39 heavy (non-hydrogen) atoms. The summed E-state index contributed by atoms with van der Waals surface area (Å²) in [6.45, 7) is 2.46. The second-order valence-corrected chi connectivity index (χ2v) is 8.71. The van der Waals surface area contributed by atoms with E-state index in [9.17, 15) is 22.4 Å². The van der Waals surface area contributed by atoms with Gasteiger partial charge >= 0.3 is 6.36 Å². The predicted octanol–water partition coefficient (Wildman–Crippen LogP) is 4.92. The minimum absolute atomic E-state index is 0.317. The van der Waals surface area contributed by atoms with Gasteiger partial charge < -0.3 is 25.8 Å². The molecule has 4 rings (SSSR count). The molecule has 0 aliphatic heterocycles. The van der Waals surface area contributed by atoms with Crippen LogP contribution >= 0.6 is 0 Å². The Labute approximate surface area is 221 Å². The molecule has 0 atom stereocenters. The molecule has 2 aromatic carbocycles. The van der Waals surface area contributed by atoms with Gasteiger partial charge in [-0.25, -0.2) is 9.37 Å². The number of alkyl halides is 3. The Morgan fingerprint density at radius 2 is 1.82 bits per heavy atom. The van der Waals surface area contributed by atoms with Gasteiger partial charge in [-0.2, -0.15) is 0 Å². The van der Waals surface area contributed by atoms with E-state index in [2.05, 4.69) is 25.3 Å². The van der Waals surface area contributed by atoms with Crippen molar-refractivity contribution in [2.75, 3.05) is 31.6 Å². The van der Waals surface area contributed by atoms with Crippen molar-refractivity contribution in [1.29, 1.82) is 0 Å². The third kappa shape index (κ3) is 7.74. The second-order valence-electron chi connectivity index (χ2n) is 8.71. The minimum Gasteiger partial charge on any atom is -0.403 e. The summed E-state index contributed by atoms with van der Waals surface area (Å²) >= 11 is 0. The number of amides is 1. The number of hydrogen-bond acceptors (Lipinski definition) is 7. The third-order valence-corrected chi connectivity index (χ3v) is 5.86. The van der Waals surface area contributed by atoms with E-state index in [1.165, 1.54) is 6.07 Å². The van der Waals surface area contributed by atoms with Crippen molar-refractivity contribution in [2.45, 2.75) is 25.7 Å². The fraction of sp³-hybridized carbons (Fsp3) is 0.296. The molecule has 0 saturated carbocycles. The molecule has 1 amide bonds. The lowest BCUT2D eigenvalue weighted by Gasteiger charge is -2.12. The fourth-order valence-corrected chi connectivity index (χ4v) is 4.03. The van der Waals surface area contributed by atoms with Gasteiger partial charge in [0.25, 0.3) is 0 Å². The summed E-state index contributed by atoms with van der Waals surface area (Å²) < 4.78 is 59.8. The lowest BCUT2D eigenvalue weighted by Crippen LogP contribution is -2.18. The number of anilines is 1. The monoisotopic (exact) mass is 545 g/mol. The van der Waals surface area contributed by atoms with Crippen molar-refractivity contribution in [3.63, 3.8) is 0 Å². The van der Waals surface area contributed by atoms with Crippen molar-refractivity contribution in [3.8, 4) is 5.75 Å². The van der Waals surface area contributed by atoms with Crippen molar-refractivity contribution < 1.29 is 31.8 Å². The van der Waals surface area contributed by atoms with E-state index in [4.69, 9.17) is 10.5 Å². The van der Waals surface area contributed by atoms with Gasteiger partial charge in [0.1, 0.15) is 5.82 Å². The van der Waals surface area contributed by atoms with E-state index < -0.39 is 23.8 Å². The van der Waals surface area contributed by atoms with Crippen LogP contribution in [0.25, 0.3) is 21.7 Å². The molecule has 0 fully saturated rings. The molecule has 0 spiro atoms. The van der Waals surface area contributed by atoms with E-state index in [1.54, 1.807) is 24.5 Å². The molecular formula is C27H27F4N5O3. The highest BCUT2D eigenvalue weighted by Gasteiger charge is 2.32. The number of aromatic nitrogens is 2. The van der Waals surface area contributed by atoms with Crippen molar-refractivity contribution >= 4 is 33.4 Å². The minimum atomic E-state index is -4.93. The topological polar surface area (TPSA) is 111 Å². The van der Waals surface area contributed by atoms with Crippen molar-refractivity contribution in [2.24, 2.45) is 5.73 Å². The maximum absolute atomic E-state index is 13.8. The number of ether oxygens (including phenoxy) is 2. The third-order valence-electron chi connectivity index (χ3n) is 5.86. The van der Waals surface area contributed by atoms with E-state index in [0.29, 0.717) is 55.3 Å². The first-order valence-electron chi connectivity index (χ1n) is 12.2. The zero-order chi connectivity index (χ0) is 27.8. The maximum atomic E-state index is 13.8. The number of nitrogens with zero attached hydrogens (tertiary/aromatic N) is 2. The van der Waals surface area contributed by atoms with Gasteiger partial charge in [0, 0.05) is 53.8 Å². The summed E-state index contributed by atoms with van der Waals surface area (Å²) in [4.78, 5) is 20.5. The lowest BCUT2D eigenvalue weighted by atomic mass is 10.1. The van der Waals surface area contributed by atoms with E-state index >= 15 is 0 Å². The van der Waals surface area contributed by atoms with Crippen molar-refractivity contribution in [1.82, 2.24) is 15.3 Å². The Kier molecular flexibility index (Phi) is 9.10. The summed E-state index contributed by atoms with van der Waals surface area (Å²) in [6.07, 6.45) is 0.107. The van der Waals surface area contributed by atoms with Crippen LogP contribution in [0.2, 0.25) is 0 Å². The Hall–Kier alpha value is -4.03. The SMILES string of the molecule is NC(=O)c1ccc2c(c1)nc(NCCOCCCCNCc1ccc(OC(F)(F)F)c(F)c1)c1ccncc12. The van der Waals surface area contributed by atoms with Crippen LogP contribution in [0, 0.1) is 5.82 Å². The Morgan fingerprint density at radius 1 is 0.974 bits per heavy atom. The standard InChI is InChI=1S/C27H27F4N5O3/c28-22-13-17(3-6-24(22)39-27(29,30)31)15-33-8-1-2-11-38-12-10-35-26-20-7-9-34-16-21(20)19-5-4-18(25(32)37)14-23(19)36-26/h3-7,9,13-14,16,33H,1-2,8,10-12,15H2,(H2,32,37)(H,35,36). The van der Waals surface area contributed by atoms with Crippen LogP contribution in [0.15, 0.2) is 54.9 Å². The van der Waals surface area contributed by atoms with Crippen LogP contribution < -0.4 is 21.1 Å². The number of hydrogen-bond donors (Lipinski definition) is 3. The second kappa shape index (κ2) is 12.7. The first kappa shape index (κ1) is 28.0. The number of pyridine rings is 2. The summed E-state index contributed by atoms with van der Waals surface area (Å²) in [6, 6.07) is 10.4. The first-order chi connectivity index (χ1) is 18.7. The molecule has 0 aliphatic rings. The number of rotatable bonds is 13. The smallest absolute Gasteiger partial charge is 0.403 e. The molecule has 4 aromatic rings. The number of benzene rings is 2. The van der Waals surface area contributed by atoms with Gasteiger partial charge in [-0.1, -0.05) is 12.1 Å². The van der Waals surface area contributed by atoms with Gasteiger partial charge in [0.15, 0.2) is 11.6 Å². The summed E-state index contributed by atoms with van der Waals surface area (Å²) in [5, 5.41) is 9.08. The average molecular weight is 546 g/mol. The molecule has 206 valence electrons. The quantitative estimate of drug-likeness (QED) is 0.124. The normalized spacial score (nSPS) is 11.7. The molecular weight excluding hydrogens is 518 g/mol. The molecule has 8 nitrogen and oxygen atoms in total. The summed E-state index contributed by atoms with van der Waals surface area (Å²) in [7, 11) is 0. The molecule has 0 unspecified atom stereocenters. The number of nitrogens with one attached hydrogen (secondary N) is 2. The Morgan fingerprint density at radius 3 is 2.59 bits per heavy atom. The molecule has 0 aliphatic carbocycles. The van der Waals surface area contributed by atoms with Crippen molar-refractivity contribution in [3.05, 3.63) is 71.8 Å². The van der Waals surface area contributed by atoms with Gasteiger partial charge in [-0.05, 0) is 55.3 Å². The summed E-state index contributed by atoms with van der Waals surface area (Å²) in [5.41, 5.74) is 6.94. The first-order valence-corrected chi connectivity index (χ1v) is 12.2. The fourth-order valence-electron chi connectivity index (χ4n) is 4.03. The van der Waals surface area contributed by atoms with Crippen LogP contribution in [-0.2, 0) is 11.3 Å². The Balaban J connectivity index is 1.17. The highest BCUT2D eigenvalue weighted by Crippen LogP contribution is 2.29. The van der Waals surface area contributed by atoms with E-state index in [-0.39, 0.29) is 0 Å². The zero-order valence-electron chi connectivity index (χ0n) is 20.9. The number of primary amides is 1. The lowest BCUT2D eigenvalue weighted by molar-refractivity contribution is -0.275. The number of halogens is 4. The van der Waals surface area contributed by atoms with Crippen LogP contribution in [0.1, 0.15) is 28.8 Å². The predicted molar refractivity (Wildman–Crippen MR) is 139 cm³/mol.